The van der Waals surface area contributed by atoms with Crippen LogP contribution >= 0.6 is 0 Å². The number of aryl methyl sites for hydroxylation is 2. The van der Waals surface area contributed by atoms with Crippen LogP contribution in [0.2, 0.25) is 0 Å². The van der Waals surface area contributed by atoms with Gasteiger partial charge in [-0.15, -0.1) is 0 Å². The predicted molar refractivity (Wildman–Crippen MR) is 81.0 cm³/mol. The Morgan fingerprint density at radius 2 is 2.19 bits per heavy atom. The van der Waals surface area contributed by atoms with Gasteiger partial charge in [-0.2, -0.15) is 5.10 Å². The maximum Gasteiger partial charge on any atom is 0.168 e. The van der Waals surface area contributed by atoms with Crippen molar-refractivity contribution in [2.24, 2.45) is 7.05 Å². The first-order chi connectivity index (χ1) is 10.1. The van der Waals surface area contributed by atoms with E-state index in [1.807, 2.05) is 33.2 Å². The molecule has 0 aliphatic heterocycles. The molecule has 1 aromatic carbocycles. The lowest BCUT2D eigenvalue weighted by Crippen LogP contribution is -2.23. The Balaban J connectivity index is 2.30. The molecule has 1 aromatic heterocycles. The van der Waals surface area contributed by atoms with Gasteiger partial charge in [0, 0.05) is 24.8 Å². The Morgan fingerprint density at radius 1 is 1.43 bits per heavy atom. The average Bonchev–Trinajstić information content (AvgIpc) is 2.79. The quantitative estimate of drug-likeness (QED) is 0.889. The lowest BCUT2D eigenvalue weighted by molar-refractivity contribution is 0.382. The van der Waals surface area contributed by atoms with Crippen molar-refractivity contribution in [1.29, 1.82) is 0 Å². The zero-order valence-corrected chi connectivity index (χ0v) is 13.0. The molecular formula is C16H22FN3O. The molecular weight excluding hydrogens is 269 g/mol. The summed E-state index contributed by atoms with van der Waals surface area (Å²) in [6, 6.07) is 5.28. The van der Waals surface area contributed by atoms with Crippen LogP contribution in [0.25, 0.3) is 0 Å². The number of nitrogens with one attached hydrogen (secondary N) is 1. The SMILES string of the molecule is CCNC(Cc1cccc(OC)c1F)c1cn(C)nc1C. The van der Waals surface area contributed by atoms with E-state index in [0.717, 1.165) is 17.8 Å². The van der Waals surface area contributed by atoms with Gasteiger partial charge in [-0.05, 0) is 31.5 Å². The van der Waals surface area contributed by atoms with Crippen LogP contribution in [0.3, 0.4) is 0 Å². The number of benzene rings is 1. The molecule has 114 valence electrons. The van der Waals surface area contributed by atoms with E-state index in [9.17, 15) is 4.39 Å². The molecule has 1 N–H and O–H groups in total. The van der Waals surface area contributed by atoms with Crippen LogP contribution in [0.1, 0.15) is 29.8 Å². The second-order valence-electron chi connectivity index (χ2n) is 5.09. The third-order valence-electron chi connectivity index (χ3n) is 3.56. The number of ether oxygens (including phenoxy) is 1. The van der Waals surface area contributed by atoms with Crippen molar-refractivity contribution in [2.45, 2.75) is 26.3 Å². The van der Waals surface area contributed by atoms with E-state index in [-0.39, 0.29) is 17.6 Å². The summed E-state index contributed by atoms with van der Waals surface area (Å²) in [7, 11) is 3.38. The van der Waals surface area contributed by atoms with Gasteiger partial charge in [-0.1, -0.05) is 19.1 Å². The molecule has 0 aliphatic rings. The average molecular weight is 291 g/mol. The number of halogens is 1. The largest absolute Gasteiger partial charge is 0.494 e. The normalized spacial score (nSPS) is 12.4. The fourth-order valence-corrected chi connectivity index (χ4v) is 2.59. The van der Waals surface area contributed by atoms with E-state index in [4.69, 9.17) is 4.74 Å². The fraction of sp³-hybridized carbons (Fsp3) is 0.438. The highest BCUT2D eigenvalue weighted by Gasteiger charge is 2.19. The second kappa shape index (κ2) is 6.72. The summed E-state index contributed by atoms with van der Waals surface area (Å²) in [4.78, 5) is 0. The van der Waals surface area contributed by atoms with Crippen molar-refractivity contribution >= 4 is 0 Å². The van der Waals surface area contributed by atoms with Crippen molar-refractivity contribution in [3.05, 3.63) is 47.0 Å². The standard InChI is InChI=1S/C16H22FN3O/c1-5-18-14(13-10-20(3)19-11(13)2)9-12-7-6-8-15(21-4)16(12)17/h6-8,10,14,18H,5,9H2,1-4H3. The van der Waals surface area contributed by atoms with Gasteiger partial charge in [0.05, 0.1) is 12.8 Å². The molecule has 1 unspecified atom stereocenters. The van der Waals surface area contributed by atoms with Crippen LogP contribution in [0, 0.1) is 12.7 Å². The van der Waals surface area contributed by atoms with Crippen LogP contribution in [0.5, 0.6) is 5.75 Å². The minimum Gasteiger partial charge on any atom is -0.494 e. The van der Waals surface area contributed by atoms with Crippen molar-refractivity contribution in [3.8, 4) is 5.75 Å². The zero-order chi connectivity index (χ0) is 15.4. The smallest absolute Gasteiger partial charge is 0.168 e. The summed E-state index contributed by atoms with van der Waals surface area (Å²) >= 11 is 0. The number of hydrogen-bond acceptors (Lipinski definition) is 3. The molecule has 2 rings (SSSR count). The zero-order valence-electron chi connectivity index (χ0n) is 13.0. The molecule has 0 saturated heterocycles. The summed E-state index contributed by atoms with van der Waals surface area (Å²) in [5.74, 6) is -0.00453. The van der Waals surface area contributed by atoms with Crippen LogP contribution in [-0.4, -0.2) is 23.4 Å². The van der Waals surface area contributed by atoms with Gasteiger partial charge >= 0.3 is 0 Å². The highest BCUT2D eigenvalue weighted by molar-refractivity contribution is 5.33. The highest BCUT2D eigenvalue weighted by atomic mass is 19.1. The number of rotatable bonds is 6. The summed E-state index contributed by atoms with van der Waals surface area (Å²) in [5, 5.41) is 7.78. The number of hydrogen-bond donors (Lipinski definition) is 1. The van der Waals surface area contributed by atoms with Crippen LogP contribution in [0.15, 0.2) is 24.4 Å². The number of aromatic nitrogens is 2. The summed E-state index contributed by atoms with van der Waals surface area (Å²) in [5.41, 5.74) is 2.71. The summed E-state index contributed by atoms with van der Waals surface area (Å²) in [6.45, 7) is 4.83. The first kappa shape index (κ1) is 15.5. The topological polar surface area (TPSA) is 39.1 Å². The van der Waals surface area contributed by atoms with E-state index < -0.39 is 0 Å². The number of methoxy groups -OCH3 is 1. The number of likely N-dealkylation sites (N-methyl/N-ethyl adjacent to an activating group) is 1. The lowest BCUT2D eigenvalue weighted by Gasteiger charge is -2.18. The first-order valence-corrected chi connectivity index (χ1v) is 7.11. The maximum atomic E-state index is 14.3. The van der Waals surface area contributed by atoms with Crippen molar-refractivity contribution in [1.82, 2.24) is 15.1 Å². The Morgan fingerprint density at radius 3 is 2.76 bits per heavy atom. The molecule has 0 radical (unpaired) electrons. The minimum absolute atomic E-state index is 0.0327. The molecule has 21 heavy (non-hydrogen) atoms. The van der Waals surface area contributed by atoms with Crippen LogP contribution in [-0.2, 0) is 13.5 Å². The van der Waals surface area contributed by atoms with Crippen LogP contribution < -0.4 is 10.1 Å². The van der Waals surface area contributed by atoms with E-state index >= 15 is 0 Å². The van der Waals surface area contributed by atoms with Gasteiger partial charge in [0.15, 0.2) is 11.6 Å². The molecule has 0 bridgehead atoms. The number of nitrogens with zero attached hydrogens (tertiary/aromatic N) is 2. The molecule has 0 spiro atoms. The molecule has 0 aliphatic carbocycles. The fourth-order valence-electron chi connectivity index (χ4n) is 2.59. The third-order valence-corrected chi connectivity index (χ3v) is 3.56. The summed E-state index contributed by atoms with van der Waals surface area (Å²) < 4.78 is 21.2. The van der Waals surface area contributed by atoms with E-state index in [1.54, 1.807) is 16.8 Å². The molecule has 1 heterocycles. The molecule has 1 atom stereocenters. The first-order valence-electron chi connectivity index (χ1n) is 7.11. The Kier molecular flexibility index (Phi) is 4.96. The molecule has 0 fully saturated rings. The van der Waals surface area contributed by atoms with Gasteiger partial charge in [-0.3, -0.25) is 4.68 Å². The third kappa shape index (κ3) is 3.42. The predicted octanol–water partition coefficient (Wildman–Crippen LogP) is 2.77. The molecule has 0 amide bonds. The second-order valence-corrected chi connectivity index (χ2v) is 5.09. The molecule has 4 nitrogen and oxygen atoms in total. The Hall–Kier alpha value is -1.88. The van der Waals surface area contributed by atoms with Gasteiger partial charge < -0.3 is 10.1 Å². The molecule has 2 aromatic rings. The van der Waals surface area contributed by atoms with Crippen molar-refractivity contribution < 1.29 is 9.13 Å². The Bertz CT molecular complexity index is 610. The van der Waals surface area contributed by atoms with Crippen LogP contribution in [0.4, 0.5) is 4.39 Å². The van der Waals surface area contributed by atoms with Crippen molar-refractivity contribution in [3.63, 3.8) is 0 Å². The van der Waals surface area contributed by atoms with E-state index in [2.05, 4.69) is 10.4 Å². The highest BCUT2D eigenvalue weighted by Crippen LogP contribution is 2.26. The summed E-state index contributed by atoms with van der Waals surface area (Å²) in [6.07, 6.45) is 2.55. The van der Waals surface area contributed by atoms with E-state index in [0.29, 0.717) is 12.0 Å². The lowest BCUT2D eigenvalue weighted by atomic mass is 9.99. The monoisotopic (exact) mass is 291 g/mol. The minimum atomic E-state index is -0.288. The molecule has 0 saturated carbocycles. The van der Waals surface area contributed by atoms with Gasteiger partial charge in [-0.25, -0.2) is 4.39 Å². The van der Waals surface area contributed by atoms with Gasteiger partial charge in [0.1, 0.15) is 0 Å². The van der Waals surface area contributed by atoms with Gasteiger partial charge in [0.25, 0.3) is 0 Å². The maximum absolute atomic E-state index is 14.3. The van der Waals surface area contributed by atoms with Crippen molar-refractivity contribution in [2.75, 3.05) is 13.7 Å². The van der Waals surface area contributed by atoms with E-state index in [1.165, 1.54) is 7.11 Å². The molecule has 5 heteroatoms. The Labute approximate surface area is 124 Å². The van der Waals surface area contributed by atoms with Gasteiger partial charge in [0.2, 0.25) is 0 Å².